The molecule has 0 fully saturated rings. The molecule has 1 N–H and O–H groups in total. The Bertz CT molecular complexity index is 456. The molecule has 116 valence electrons. The summed E-state index contributed by atoms with van der Waals surface area (Å²) >= 11 is 0. The molecule has 0 saturated heterocycles. The van der Waals surface area contributed by atoms with E-state index < -0.39 is 5.97 Å². The summed E-state index contributed by atoms with van der Waals surface area (Å²) in [5.74, 6) is -1.18. The van der Waals surface area contributed by atoms with Crippen molar-refractivity contribution in [1.82, 2.24) is 4.90 Å². The molecule has 0 aliphatic heterocycles. The molecular formula is C17H25NO3. The van der Waals surface area contributed by atoms with E-state index >= 15 is 0 Å². The zero-order chi connectivity index (χ0) is 15.8. The fourth-order valence-electron chi connectivity index (χ4n) is 2.32. The fraction of sp³-hybridized carbons (Fsp3) is 0.529. The molecule has 1 unspecified atom stereocenters. The summed E-state index contributed by atoms with van der Waals surface area (Å²) in [5.41, 5.74) is 1.27. The Morgan fingerprint density at radius 3 is 2.29 bits per heavy atom. The summed E-state index contributed by atoms with van der Waals surface area (Å²) in [5, 5.41) is 8.89. The summed E-state index contributed by atoms with van der Waals surface area (Å²) in [6.07, 6.45) is 2.64. The van der Waals surface area contributed by atoms with E-state index in [4.69, 9.17) is 5.11 Å². The molecule has 0 spiro atoms. The third-order valence-electron chi connectivity index (χ3n) is 3.58. The third-order valence-corrected chi connectivity index (χ3v) is 3.58. The van der Waals surface area contributed by atoms with E-state index in [0.29, 0.717) is 0 Å². The largest absolute Gasteiger partial charge is 0.480 e. The average molecular weight is 291 g/mol. The minimum atomic E-state index is -0.964. The van der Waals surface area contributed by atoms with Gasteiger partial charge >= 0.3 is 5.97 Å². The number of amides is 1. The van der Waals surface area contributed by atoms with Crippen molar-refractivity contribution in [2.45, 2.75) is 46.1 Å². The van der Waals surface area contributed by atoms with Gasteiger partial charge in [0.05, 0.1) is 0 Å². The predicted octanol–water partition coefficient (Wildman–Crippen LogP) is 2.97. The number of hydrogen-bond donors (Lipinski definition) is 1. The molecular weight excluding hydrogens is 266 g/mol. The van der Waals surface area contributed by atoms with Gasteiger partial charge in [-0.05, 0) is 38.7 Å². The molecule has 21 heavy (non-hydrogen) atoms. The van der Waals surface area contributed by atoms with Crippen molar-refractivity contribution < 1.29 is 14.7 Å². The maximum Gasteiger partial charge on any atom is 0.323 e. The molecule has 1 amide bonds. The van der Waals surface area contributed by atoms with Gasteiger partial charge in [-0.15, -0.1) is 0 Å². The summed E-state index contributed by atoms with van der Waals surface area (Å²) in [6.45, 7) is 5.35. The molecule has 1 atom stereocenters. The number of carboxylic acid groups (broad SMARTS) is 1. The van der Waals surface area contributed by atoms with Gasteiger partial charge in [-0.1, -0.05) is 37.3 Å². The molecule has 1 aromatic rings. The molecule has 0 aliphatic rings. The van der Waals surface area contributed by atoms with Crippen molar-refractivity contribution >= 4 is 11.9 Å². The van der Waals surface area contributed by atoms with E-state index in [1.165, 1.54) is 10.5 Å². The molecule has 4 nitrogen and oxygen atoms in total. The highest BCUT2D eigenvalue weighted by molar-refractivity contribution is 5.83. The highest BCUT2D eigenvalue weighted by Crippen LogP contribution is 2.14. The van der Waals surface area contributed by atoms with Crippen LogP contribution in [0.5, 0.6) is 0 Å². The van der Waals surface area contributed by atoms with Crippen LogP contribution in [-0.2, 0) is 16.0 Å². The van der Waals surface area contributed by atoms with Gasteiger partial charge < -0.3 is 10.0 Å². The number of carbonyl (C=O) groups is 2. The van der Waals surface area contributed by atoms with Crippen molar-refractivity contribution in [3.8, 4) is 0 Å². The maximum atomic E-state index is 12.3. The van der Waals surface area contributed by atoms with Crippen LogP contribution >= 0.6 is 0 Å². The zero-order valence-electron chi connectivity index (χ0n) is 13.1. The highest BCUT2D eigenvalue weighted by Gasteiger charge is 2.24. The Balaban J connectivity index is 2.47. The Morgan fingerprint density at radius 2 is 1.76 bits per heavy atom. The van der Waals surface area contributed by atoms with Crippen molar-refractivity contribution in [3.63, 3.8) is 0 Å². The Kier molecular flexibility index (Phi) is 6.92. The van der Waals surface area contributed by atoms with E-state index in [1.54, 1.807) is 0 Å². The van der Waals surface area contributed by atoms with E-state index in [1.807, 2.05) is 39.0 Å². The first-order valence-corrected chi connectivity index (χ1v) is 7.48. The van der Waals surface area contributed by atoms with Crippen LogP contribution in [0.3, 0.4) is 0 Å². The second-order valence-electron chi connectivity index (χ2n) is 5.73. The van der Waals surface area contributed by atoms with E-state index in [-0.39, 0.29) is 24.4 Å². The minimum absolute atomic E-state index is 0.0690. The Morgan fingerprint density at radius 1 is 1.14 bits per heavy atom. The summed E-state index contributed by atoms with van der Waals surface area (Å²) in [4.78, 5) is 24.6. The zero-order valence-corrected chi connectivity index (χ0v) is 13.1. The molecule has 0 saturated carbocycles. The number of rotatable bonds is 8. The highest BCUT2D eigenvalue weighted by atomic mass is 16.4. The van der Waals surface area contributed by atoms with Crippen LogP contribution in [0.1, 0.15) is 39.2 Å². The van der Waals surface area contributed by atoms with Gasteiger partial charge in [-0.2, -0.15) is 0 Å². The van der Waals surface area contributed by atoms with E-state index in [0.717, 1.165) is 19.3 Å². The normalized spacial score (nSPS) is 12.2. The van der Waals surface area contributed by atoms with Crippen LogP contribution in [0, 0.1) is 5.92 Å². The quantitative estimate of drug-likeness (QED) is 0.801. The van der Waals surface area contributed by atoms with Crippen LogP contribution in [0.15, 0.2) is 30.3 Å². The second kappa shape index (κ2) is 8.45. The van der Waals surface area contributed by atoms with Gasteiger partial charge in [-0.25, -0.2) is 0 Å². The first-order valence-electron chi connectivity index (χ1n) is 7.48. The number of aliphatic carboxylic acids is 1. The van der Waals surface area contributed by atoms with Crippen molar-refractivity contribution in [1.29, 1.82) is 0 Å². The molecule has 0 bridgehead atoms. The fourth-order valence-corrected chi connectivity index (χ4v) is 2.32. The second-order valence-corrected chi connectivity index (χ2v) is 5.73. The average Bonchev–Trinajstić information content (AvgIpc) is 2.44. The van der Waals surface area contributed by atoms with Gasteiger partial charge in [0.2, 0.25) is 5.91 Å². The third kappa shape index (κ3) is 5.98. The number of benzene rings is 1. The molecule has 4 heteroatoms. The topological polar surface area (TPSA) is 57.6 Å². The number of carbonyl (C=O) groups excluding carboxylic acids is 1. The SMILES string of the molecule is CC(CCCc1ccccc1)C(=O)N(CC(=O)O)C(C)C. The summed E-state index contributed by atoms with van der Waals surface area (Å²) < 4.78 is 0. The van der Waals surface area contributed by atoms with Gasteiger partial charge in [0.15, 0.2) is 0 Å². The number of carboxylic acids is 1. The van der Waals surface area contributed by atoms with Crippen LogP contribution in [0.25, 0.3) is 0 Å². The number of nitrogens with zero attached hydrogens (tertiary/aromatic N) is 1. The van der Waals surface area contributed by atoms with E-state index in [2.05, 4.69) is 12.1 Å². The number of hydrogen-bond acceptors (Lipinski definition) is 2. The van der Waals surface area contributed by atoms with Crippen LogP contribution in [-0.4, -0.2) is 34.5 Å². The standard InChI is InChI=1S/C17H25NO3/c1-13(2)18(12-16(19)20)17(21)14(3)8-7-11-15-9-5-4-6-10-15/h4-6,9-10,13-14H,7-8,11-12H2,1-3H3,(H,19,20). The molecule has 0 heterocycles. The molecule has 1 aromatic carbocycles. The lowest BCUT2D eigenvalue weighted by Gasteiger charge is -2.27. The van der Waals surface area contributed by atoms with E-state index in [9.17, 15) is 9.59 Å². The van der Waals surface area contributed by atoms with Crippen LogP contribution in [0.2, 0.25) is 0 Å². The molecule has 0 radical (unpaired) electrons. The van der Waals surface area contributed by atoms with Gasteiger partial charge in [0.1, 0.15) is 6.54 Å². The Labute approximate surface area is 126 Å². The lowest BCUT2D eigenvalue weighted by atomic mass is 9.99. The molecule has 0 aromatic heterocycles. The van der Waals surface area contributed by atoms with Crippen LogP contribution in [0.4, 0.5) is 0 Å². The van der Waals surface area contributed by atoms with Gasteiger partial charge in [0, 0.05) is 12.0 Å². The Hall–Kier alpha value is -1.84. The van der Waals surface area contributed by atoms with Gasteiger partial charge in [-0.3, -0.25) is 9.59 Å². The molecule has 0 aliphatic carbocycles. The minimum Gasteiger partial charge on any atom is -0.480 e. The maximum absolute atomic E-state index is 12.3. The number of aryl methyl sites for hydroxylation is 1. The van der Waals surface area contributed by atoms with Crippen molar-refractivity contribution in [3.05, 3.63) is 35.9 Å². The lowest BCUT2D eigenvalue weighted by Crippen LogP contribution is -2.43. The monoisotopic (exact) mass is 291 g/mol. The van der Waals surface area contributed by atoms with Crippen LogP contribution < -0.4 is 0 Å². The molecule has 1 rings (SSSR count). The van der Waals surface area contributed by atoms with Gasteiger partial charge in [0.25, 0.3) is 0 Å². The predicted molar refractivity (Wildman–Crippen MR) is 83.0 cm³/mol. The lowest BCUT2D eigenvalue weighted by molar-refractivity contribution is -0.147. The van der Waals surface area contributed by atoms with Crippen molar-refractivity contribution in [2.24, 2.45) is 5.92 Å². The smallest absolute Gasteiger partial charge is 0.323 e. The summed E-state index contributed by atoms with van der Waals surface area (Å²) in [6, 6.07) is 10.1. The first kappa shape index (κ1) is 17.2. The summed E-state index contributed by atoms with van der Waals surface area (Å²) in [7, 11) is 0. The van der Waals surface area contributed by atoms with Crippen molar-refractivity contribution in [2.75, 3.05) is 6.54 Å². The first-order chi connectivity index (χ1) is 9.91.